The summed E-state index contributed by atoms with van der Waals surface area (Å²) in [5.74, 6) is 0. The molecule has 0 aromatic heterocycles. The van der Waals surface area contributed by atoms with Crippen LogP contribution in [-0.2, 0) is 4.74 Å². The number of hydrogen-bond acceptors (Lipinski definition) is 1. The maximum absolute atomic E-state index is 4.90. The molecule has 1 nitrogen and oxygen atoms in total. The van der Waals surface area contributed by atoms with Crippen molar-refractivity contribution >= 4 is 0 Å². The molecule has 150 valence electrons. The summed E-state index contributed by atoms with van der Waals surface area (Å²) in [5.41, 5.74) is 0. The van der Waals surface area contributed by atoms with E-state index in [4.69, 9.17) is 4.74 Å². The first-order valence-corrected chi connectivity index (χ1v) is 11.6. The van der Waals surface area contributed by atoms with Crippen LogP contribution < -0.4 is 0 Å². The van der Waals surface area contributed by atoms with Crippen LogP contribution in [0.15, 0.2) is 12.3 Å². The highest BCUT2D eigenvalue weighted by atomic mass is 16.5. The Kier molecular flexibility index (Phi) is 23.1. The van der Waals surface area contributed by atoms with Crippen LogP contribution in [0.5, 0.6) is 0 Å². The van der Waals surface area contributed by atoms with E-state index in [1.165, 1.54) is 128 Å². The minimum Gasteiger partial charge on any atom is -0.505 e. The van der Waals surface area contributed by atoms with Gasteiger partial charge in [0, 0.05) is 0 Å². The third-order valence-electron chi connectivity index (χ3n) is 5.21. The molecule has 0 fully saturated rings. The standard InChI is InChI=1S/C24H48O/c1-3-4-5-6-7-8-9-10-11-12-13-14-15-16-17-18-19-20-21-22-23-24-25-2/h23-24H,3-22H2,1-2H3/b24-23+. The zero-order valence-electron chi connectivity index (χ0n) is 17.7. The summed E-state index contributed by atoms with van der Waals surface area (Å²) in [6.07, 6.45) is 32.6. The van der Waals surface area contributed by atoms with Gasteiger partial charge in [0.1, 0.15) is 0 Å². The van der Waals surface area contributed by atoms with Crippen molar-refractivity contribution in [1.82, 2.24) is 0 Å². The quantitative estimate of drug-likeness (QED) is 0.148. The van der Waals surface area contributed by atoms with E-state index < -0.39 is 0 Å². The maximum atomic E-state index is 4.90. The molecular weight excluding hydrogens is 304 g/mol. The molecule has 0 atom stereocenters. The Labute approximate surface area is 160 Å². The molecule has 0 unspecified atom stereocenters. The fourth-order valence-corrected chi connectivity index (χ4v) is 3.50. The number of allylic oxidation sites excluding steroid dienone is 1. The topological polar surface area (TPSA) is 9.23 Å². The Morgan fingerprint density at radius 2 is 0.800 bits per heavy atom. The number of hydrogen-bond donors (Lipinski definition) is 0. The smallest absolute Gasteiger partial charge is 0.0784 e. The van der Waals surface area contributed by atoms with Gasteiger partial charge in [-0.2, -0.15) is 0 Å². The summed E-state index contributed by atoms with van der Waals surface area (Å²) in [7, 11) is 1.72. The van der Waals surface area contributed by atoms with Crippen molar-refractivity contribution < 1.29 is 4.74 Å². The Balaban J connectivity index is 2.97. The van der Waals surface area contributed by atoms with E-state index in [0.29, 0.717) is 0 Å². The number of unbranched alkanes of at least 4 members (excludes halogenated alkanes) is 19. The fraction of sp³-hybridized carbons (Fsp3) is 0.917. The second kappa shape index (κ2) is 23.5. The van der Waals surface area contributed by atoms with Crippen molar-refractivity contribution in [2.24, 2.45) is 0 Å². The van der Waals surface area contributed by atoms with E-state index in [1.807, 2.05) is 0 Å². The summed E-state index contributed by atoms with van der Waals surface area (Å²) in [6, 6.07) is 0. The SMILES string of the molecule is CCCCCCCCCCCCCCCCCCCCC/C=C/OC. The molecule has 0 aromatic carbocycles. The molecule has 0 aliphatic rings. The average molecular weight is 353 g/mol. The molecule has 0 radical (unpaired) electrons. The highest BCUT2D eigenvalue weighted by Crippen LogP contribution is 2.14. The first-order chi connectivity index (χ1) is 12.4. The summed E-state index contributed by atoms with van der Waals surface area (Å²) < 4.78 is 4.90. The number of ether oxygens (including phenoxy) is 1. The van der Waals surface area contributed by atoms with Crippen molar-refractivity contribution in [2.45, 2.75) is 135 Å². The van der Waals surface area contributed by atoms with Crippen LogP contribution in [0, 0.1) is 0 Å². The lowest BCUT2D eigenvalue weighted by Crippen LogP contribution is -1.84. The summed E-state index contributed by atoms with van der Waals surface area (Å²) in [6.45, 7) is 2.30. The molecule has 0 rings (SSSR count). The molecule has 0 amide bonds. The molecule has 0 aliphatic carbocycles. The molecular formula is C24H48O. The van der Waals surface area contributed by atoms with Gasteiger partial charge in [-0.3, -0.25) is 0 Å². The maximum Gasteiger partial charge on any atom is 0.0784 e. The predicted octanol–water partition coefficient (Wildman–Crippen LogP) is 8.97. The van der Waals surface area contributed by atoms with E-state index in [-0.39, 0.29) is 0 Å². The lowest BCUT2D eigenvalue weighted by Gasteiger charge is -2.03. The molecule has 0 N–H and O–H groups in total. The highest BCUT2D eigenvalue weighted by molar-refractivity contribution is 4.72. The summed E-state index contributed by atoms with van der Waals surface area (Å²) in [5, 5.41) is 0. The minimum absolute atomic E-state index is 1.17. The molecule has 0 saturated carbocycles. The van der Waals surface area contributed by atoms with Gasteiger partial charge in [-0.15, -0.1) is 0 Å². The number of methoxy groups -OCH3 is 1. The van der Waals surface area contributed by atoms with Crippen LogP contribution in [0.2, 0.25) is 0 Å². The van der Waals surface area contributed by atoms with Gasteiger partial charge in [0.25, 0.3) is 0 Å². The Morgan fingerprint density at radius 3 is 1.12 bits per heavy atom. The first-order valence-electron chi connectivity index (χ1n) is 11.6. The second-order valence-electron chi connectivity index (χ2n) is 7.76. The highest BCUT2D eigenvalue weighted by Gasteiger charge is 1.95. The molecule has 0 saturated heterocycles. The average Bonchev–Trinajstić information content (AvgIpc) is 2.63. The normalized spacial score (nSPS) is 11.4. The van der Waals surface area contributed by atoms with E-state index in [2.05, 4.69) is 13.0 Å². The lowest BCUT2D eigenvalue weighted by atomic mass is 10.0. The second-order valence-corrected chi connectivity index (χ2v) is 7.76. The Bertz CT molecular complexity index is 246. The van der Waals surface area contributed by atoms with Crippen LogP contribution in [-0.4, -0.2) is 7.11 Å². The van der Waals surface area contributed by atoms with Gasteiger partial charge in [0.2, 0.25) is 0 Å². The van der Waals surface area contributed by atoms with Gasteiger partial charge >= 0.3 is 0 Å². The molecule has 0 heterocycles. The van der Waals surface area contributed by atoms with E-state index in [1.54, 1.807) is 13.4 Å². The van der Waals surface area contributed by atoms with Crippen LogP contribution in [0.4, 0.5) is 0 Å². The van der Waals surface area contributed by atoms with Crippen molar-refractivity contribution in [3.63, 3.8) is 0 Å². The third-order valence-corrected chi connectivity index (χ3v) is 5.21. The van der Waals surface area contributed by atoms with E-state index >= 15 is 0 Å². The van der Waals surface area contributed by atoms with Crippen LogP contribution >= 0.6 is 0 Å². The third kappa shape index (κ3) is 23.5. The van der Waals surface area contributed by atoms with Crippen molar-refractivity contribution in [3.05, 3.63) is 12.3 Å². The van der Waals surface area contributed by atoms with E-state index in [9.17, 15) is 0 Å². The van der Waals surface area contributed by atoms with Crippen molar-refractivity contribution in [3.8, 4) is 0 Å². The van der Waals surface area contributed by atoms with Gasteiger partial charge < -0.3 is 4.74 Å². The van der Waals surface area contributed by atoms with E-state index in [0.717, 1.165) is 0 Å². The molecule has 0 aliphatic heterocycles. The monoisotopic (exact) mass is 352 g/mol. The van der Waals surface area contributed by atoms with Crippen molar-refractivity contribution in [1.29, 1.82) is 0 Å². The Morgan fingerprint density at radius 1 is 0.480 bits per heavy atom. The van der Waals surface area contributed by atoms with Gasteiger partial charge in [-0.25, -0.2) is 0 Å². The van der Waals surface area contributed by atoms with Crippen LogP contribution in [0.1, 0.15) is 135 Å². The molecule has 1 heteroatoms. The minimum atomic E-state index is 1.17. The molecule has 0 bridgehead atoms. The van der Waals surface area contributed by atoms with Gasteiger partial charge in [0.05, 0.1) is 13.4 Å². The van der Waals surface area contributed by atoms with Crippen LogP contribution in [0.3, 0.4) is 0 Å². The fourth-order valence-electron chi connectivity index (χ4n) is 3.50. The zero-order chi connectivity index (χ0) is 18.3. The van der Waals surface area contributed by atoms with Gasteiger partial charge in [-0.05, 0) is 18.9 Å². The zero-order valence-corrected chi connectivity index (χ0v) is 17.7. The van der Waals surface area contributed by atoms with Gasteiger partial charge in [0.15, 0.2) is 0 Å². The largest absolute Gasteiger partial charge is 0.505 e. The lowest BCUT2D eigenvalue weighted by molar-refractivity contribution is 0.336. The molecule has 0 aromatic rings. The molecule has 0 spiro atoms. The van der Waals surface area contributed by atoms with Crippen molar-refractivity contribution in [2.75, 3.05) is 7.11 Å². The van der Waals surface area contributed by atoms with Gasteiger partial charge in [-0.1, -0.05) is 122 Å². The predicted molar refractivity (Wildman–Crippen MR) is 114 cm³/mol. The Hall–Kier alpha value is -0.460. The summed E-state index contributed by atoms with van der Waals surface area (Å²) >= 11 is 0. The first kappa shape index (κ1) is 24.5. The molecule has 25 heavy (non-hydrogen) atoms. The number of rotatable bonds is 21. The van der Waals surface area contributed by atoms with Crippen LogP contribution in [0.25, 0.3) is 0 Å². The summed E-state index contributed by atoms with van der Waals surface area (Å²) in [4.78, 5) is 0.